The van der Waals surface area contributed by atoms with Crippen molar-refractivity contribution in [3.05, 3.63) is 47.0 Å². The highest BCUT2D eigenvalue weighted by molar-refractivity contribution is 5.38. The zero-order valence-corrected chi connectivity index (χ0v) is 12.9. The van der Waals surface area contributed by atoms with E-state index in [1.807, 2.05) is 12.1 Å². The molecule has 0 aliphatic rings. The van der Waals surface area contributed by atoms with Crippen LogP contribution in [0.1, 0.15) is 63.6 Å². The van der Waals surface area contributed by atoms with Gasteiger partial charge in [0, 0.05) is 0 Å². The zero-order valence-electron chi connectivity index (χ0n) is 12.9. The first-order valence-electron chi connectivity index (χ1n) is 7.30. The van der Waals surface area contributed by atoms with Gasteiger partial charge in [-0.05, 0) is 69.6 Å². The Morgan fingerprint density at radius 2 is 1.95 bits per heavy atom. The first-order valence-corrected chi connectivity index (χ1v) is 7.30. The van der Waals surface area contributed by atoms with Crippen LogP contribution in [0.2, 0.25) is 0 Å². The minimum Gasteiger partial charge on any atom is -0.239 e. The number of alkyl halides is 1. The van der Waals surface area contributed by atoms with Crippen LogP contribution >= 0.6 is 0 Å². The molecule has 0 aliphatic carbocycles. The average molecular weight is 262 g/mol. The third-order valence-electron chi connectivity index (χ3n) is 3.57. The highest BCUT2D eigenvalue weighted by atomic mass is 19.1. The molecule has 0 fully saturated rings. The van der Waals surface area contributed by atoms with E-state index < -0.39 is 5.67 Å². The van der Waals surface area contributed by atoms with Gasteiger partial charge in [0.15, 0.2) is 0 Å². The highest BCUT2D eigenvalue weighted by Crippen LogP contribution is 2.31. The lowest BCUT2D eigenvalue weighted by atomic mass is 9.87. The number of rotatable bonds is 7. The molecule has 1 aromatic rings. The highest BCUT2D eigenvalue weighted by Gasteiger charge is 2.23. The number of benzene rings is 1. The maximum atomic E-state index is 14.3. The summed E-state index contributed by atoms with van der Waals surface area (Å²) < 4.78 is 14.3. The van der Waals surface area contributed by atoms with Crippen molar-refractivity contribution in [2.45, 2.75) is 65.5 Å². The van der Waals surface area contributed by atoms with E-state index in [0.717, 1.165) is 37.7 Å². The van der Waals surface area contributed by atoms with Gasteiger partial charge in [-0.3, -0.25) is 0 Å². The molecule has 0 heterocycles. The number of unbranched alkanes of at least 4 members (excludes halogenated alkanes) is 1. The number of allylic oxidation sites excluding steroid dienone is 1. The smallest absolute Gasteiger partial charge is 0.130 e. The Bertz CT molecular complexity index is 424. The second-order valence-corrected chi connectivity index (χ2v) is 5.93. The molecular formula is C18H27F. The van der Waals surface area contributed by atoms with Gasteiger partial charge in [-0.1, -0.05) is 30.7 Å². The van der Waals surface area contributed by atoms with Gasteiger partial charge in [0.2, 0.25) is 0 Å². The fourth-order valence-electron chi connectivity index (χ4n) is 2.55. The van der Waals surface area contributed by atoms with E-state index in [0.29, 0.717) is 0 Å². The summed E-state index contributed by atoms with van der Waals surface area (Å²) in [5, 5.41) is 0. The topological polar surface area (TPSA) is 0 Å². The molecule has 0 bridgehead atoms. The van der Waals surface area contributed by atoms with Gasteiger partial charge in [-0.2, -0.15) is 0 Å². The summed E-state index contributed by atoms with van der Waals surface area (Å²) in [4.78, 5) is 0. The SMILES string of the molecule is C=C(C)CCCCc1c(CC)cccc1C(C)(C)F. The van der Waals surface area contributed by atoms with E-state index in [4.69, 9.17) is 0 Å². The van der Waals surface area contributed by atoms with Gasteiger partial charge in [0.25, 0.3) is 0 Å². The summed E-state index contributed by atoms with van der Waals surface area (Å²) in [5.41, 5.74) is 3.35. The van der Waals surface area contributed by atoms with Crippen molar-refractivity contribution in [2.24, 2.45) is 0 Å². The second-order valence-electron chi connectivity index (χ2n) is 5.93. The van der Waals surface area contributed by atoms with Gasteiger partial charge >= 0.3 is 0 Å². The van der Waals surface area contributed by atoms with Crippen molar-refractivity contribution in [3.8, 4) is 0 Å². The van der Waals surface area contributed by atoms with Crippen molar-refractivity contribution in [3.63, 3.8) is 0 Å². The monoisotopic (exact) mass is 262 g/mol. The van der Waals surface area contributed by atoms with Gasteiger partial charge in [-0.15, -0.1) is 6.58 Å². The Balaban J connectivity index is 2.87. The zero-order chi connectivity index (χ0) is 14.5. The summed E-state index contributed by atoms with van der Waals surface area (Å²) >= 11 is 0. The lowest BCUT2D eigenvalue weighted by molar-refractivity contribution is 0.219. The van der Waals surface area contributed by atoms with Crippen LogP contribution < -0.4 is 0 Å². The van der Waals surface area contributed by atoms with E-state index in [1.165, 1.54) is 16.7 Å². The van der Waals surface area contributed by atoms with Crippen LogP contribution in [-0.4, -0.2) is 0 Å². The number of aryl methyl sites for hydroxylation is 1. The van der Waals surface area contributed by atoms with Crippen molar-refractivity contribution in [1.82, 2.24) is 0 Å². The average Bonchev–Trinajstić information content (AvgIpc) is 2.33. The maximum absolute atomic E-state index is 14.3. The largest absolute Gasteiger partial charge is 0.239 e. The van der Waals surface area contributed by atoms with E-state index >= 15 is 0 Å². The van der Waals surface area contributed by atoms with Crippen LogP contribution in [0.4, 0.5) is 4.39 Å². The summed E-state index contributed by atoms with van der Waals surface area (Å²) in [5.74, 6) is 0. The summed E-state index contributed by atoms with van der Waals surface area (Å²) in [7, 11) is 0. The number of hydrogen-bond acceptors (Lipinski definition) is 0. The van der Waals surface area contributed by atoms with Gasteiger partial charge in [0.05, 0.1) is 0 Å². The second kappa shape index (κ2) is 6.88. The van der Waals surface area contributed by atoms with Crippen LogP contribution in [-0.2, 0) is 18.5 Å². The van der Waals surface area contributed by atoms with Crippen LogP contribution in [0, 0.1) is 0 Å². The van der Waals surface area contributed by atoms with Crippen molar-refractivity contribution < 1.29 is 4.39 Å². The molecule has 0 amide bonds. The van der Waals surface area contributed by atoms with Crippen LogP contribution in [0.25, 0.3) is 0 Å². The summed E-state index contributed by atoms with van der Waals surface area (Å²) in [6.45, 7) is 11.4. The molecule has 106 valence electrons. The molecule has 0 nitrogen and oxygen atoms in total. The molecule has 0 aromatic heterocycles. The van der Waals surface area contributed by atoms with E-state index in [1.54, 1.807) is 13.8 Å². The maximum Gasteiger partial charge on any atom is 0.130 e. The Morgan fingerprint density at radius 3 is 2.47 bits per heavy atom. The third-order valence-corrected chi connectivity index (χ3v) is 3.57. The molecule has 1 heteroatoms. The predicted octanol–water partition coefficient (Wildman–Crippen LogP) is 5.74. The minimum atomic E-state index is -1.26. The van der Waals surface area contributed by atoms with Gasteiger partial charge < -0.3 is 0 Å². The molecular weight excluding hydrogens is 235 g/mol. The summed E-state index contributed by atoms with van der Waals surface area (Å²) in [6, 6.07) is 6.05. The Morgan fingerprint density at radius 1 is 1.26 bits per heavy atom. The normalized spacial score (nSPS) is 11.6. The van der Waals surface area contributed by atoms with Gasteiger partial charge in [0.1, 0.15) is 5.67 Å². The molecule has 0 N–H and O–H groups in total. The van der Waals surface area contributed by atoms with E-state index in [2.05, 4.69) is 26.5 Å². The standard InChI is InChI=1S/C18H27F/c1-6-15-11-9-13-17(18(4,5)19)16(15)12-8-7-10-14(2)3/h9,11,13H,2,6-8,10,12H2,1,3-5H3. The molecule has 0 radical (unpaired) electrons. The molecule has 0 unspecified atom stereocenters. The molecule has 0 spiro atoms. The molecule has 19 heavy (non-hydrogen) atoms. The van der Waals surface area contributed by atoms with Crippen LogP contribution in [0.5, 0.6) is 0 Å². The molecule has 0 saturated carbocycles. The first kappa shape index (κ1) is 15.9. The Labute approximate surface area is 117 Å². The number of halogens is 1. The van der Waals surface area contributed by atoms with E-state index in [-0.39, 0.29) is 0 Å². The molecule has 0 aliphatic heterocycles. The fourth-order valence-corrected chi connectivity index (χ4v) is 2.55. The van der Waals surface area contributed by atoms with Crippen LogP contribution in [0.15, 0.2) is 30.4 Å². The Kier molecular flexibility index (Phi) is 5.78. The fraction of sp³-hybridized carbons (Fsp3) is 0.556. The van der Waals surface area contributed by atoms with Crippen molar-refractivity contribution in [1.29, 1.82) is 0 Å². The minimum absolute atomic E-state index is 0.863. The molecule has 0 atom stereocenters. The Hall–Kier alpha value is -1.11. The molecule has 0 saturated heterocycles. The number of hydrogen-bond donors (Lipinski definition) is 0. The molecule has 1 aromatic carbocycles. The third kappa shape index (κ3) is 4.81. The van der Waals surface area contributed by atoms with Gasteiger partial charge in [-0.25, -0.2) is 4.39 Å². The van der Waals surface area contributed by atoms with Crippen molar-refractivity contribution in [2.75, 3.05) is 0 Å². The molecule has 1 rings (SSSR count). The quantitative estimate of drug-likeness (QED) is 0.434. The lowest BCUT2D eigenvalue weighted by Gasteiger charge is -2.21. The van der Waals surface area contributed by atoms with Crippen LogP contribution in [0.3, 0.4) is 0 Å². The first-order chi connectivity index (χ1) is 8.86. The van der Waals surface area contributed by atoms with E-state index in [9.17, 15) is 4.39 Å². The summed E-state index contributed by atoms with van der Waals surface area (Å²) in [6.07, 6.45) is 5.26. The predicted molar refractivity (Wildman–Crippen MR) is 82.3 cm³/mol. The lowest BCUT2D eigenvalue weighted by Crippen LogP contribution is -2.14. The van der Waals surface area contributed by atoms with Crippen molar-refractivity contribution >= 4 is 0 Å².